The summed E-state index contributed by atoms with van der Waals surface area (Å²) in [6.45, 7) is 7.85. The van der Waals surface area contributed by atoms with Crippen LogP contribution >= 0.6 is 0 Å². The SMILES string of the molecule is CCC1(O)CCC2(C)C(CCC3C4CCC(C(C)CC(F)(F)CO)C4(C)CC(OC)C32)C1. The highest BCUT2D eigenvalue weighted by molar-refractivity contribution is 5.13. The lowest BCUT2D eigenvalue weighted by molar-refractivity contribution is -0.200. The van der Waals surface area contributed by atoms with Gasteiger partial charge in [0, 0.05) is 13.5 Å². The maximum atomic E-state index is 14.0. The molecule has 0 amide bonds. The number of hydrogen-bond acceptors (Lipinski definition) is 3. The zero-order valence-electron chi connectivity index (χ0n) is 20.9. The summed E-state index contributed by atoms with van der Waals surface area (Å²) >= 11 is 0. The fourth-order valence-electron chi connectivity index (χ4n) is 9.61. The van der Waals surface area contributed by atoms with E-state index in [9.17, 15) is 13.9 Å². The molecule has 32 heavy (non-hydrogen) atoms. The summed E-state index contributed by atoms with van der Waals surface area (Å²) in [7, 11) is 1.84. The lowest BCUT2D eigenvalue weighted by Gasteiger charge is -2.64. The van der Waals surface area contributed by atoms with Crippen LogP contribution in [0.4, 0.5) is 8.78 Å². The summed E-state index contributed by atoms with van der Waals surface area (Å²) in [5, 5.41) is 20.2. The van der Waals surface area contributed by atoms with Crippen molar-refractivity contribution < 1.29 is 23.7 Å². The van der Waals surface area contributed by atoms with Gasteiger partial charge in [0.25, 0.3) is 5.92 Å². The van der Waals surface area contributed by atoms with Crippen LogP contribution in [0.2, 0.25) is 0 Å². The summed E-state index contributed by atoms with van der Waals surface area (Å²) in [4.78, 5) is 0. The van der Waals surface area contributed by atoms with Gasteiger partial charge in [0.2, 0.25) is 0 Å². The third kappa shape index (κ3) is 3.86. The number of fused-ring (bicyclic) bond motifs is 5. The number of alkyl halides is 2. The number of hydrogen-bond donors (Lipinski definition) is 2. The average Bonchev–Trinajstić information content (AvgIpc) is 3.10. The predicted octanol–water partition coefficient (Wildman–Crippen LogP) is 6.07. The Morgan fingerprint density at radius 1 is 1.06 bits per heavy atom. The van der Waals surface area contributed by atoms with Gasteiger partial charge in [-0.25, -0.2) is 8.78 Å². The van der Waals surface area contributed by atoms with E-state index in [1.54, 1.807) is 0 Å². The van der Waals surface area contributed by atoms with E-state index in [1.807, 2.05) is 14.0 Å². The molecule has 3 nitrogen and oxygen atoms in total. The van der Waals surface area contributed by atoms with Crippen LogP contribution in [0.1, 0.15) is 91.9 Å². The molecule has 0 spiro atoms. The third-order valence-electron chi connectivity index (χ3n) is 11.3. The van der Waals surface area contributed by atoms with Gasteiger partial charge in [0.05, 0.1) is 11.7 Å². The van der Waals surface area contributed by atoms with E-state index in [-0.39, 0.29) is 35.2 Å². The molecule has 0 aromatic carbocycles. The first-order chi connectivity index (χ1) is 14.9. The first-order valence-corrected chi connectivity index (χ1v) is 13.2. The van der Waals surface area contributed by atoms with Gasteiger partial charge in [0.1, 0.15) is 6.61 Å². The van der Waals surface area contributed by atoms with E-state index in [0.717, 1.165) is 44.9 Å². The molecule has 5 heteroatoms. The lowest BCUT2D eigenvalue weighted by atomic mass is 9.42. The van der Waals surface area contributed by atoms with E-state index >= 15 is 0 Å². The molecule has 0 bridgehead atoms. The monoisotopic (exact) mass is 456 g/mol. The highest BCUT2D eigenvalue weighted by Crippen LogP contribution is 2.69. The Kier molecular flexibility index (Phi) is 6.56. The van der Waals surface area contributed by atoms with Crippen LogP contribution in [0.15, 0.2) is 0 Å². The predicted molar refractivity (Wildman–Crippen MR) is 122 cm³/mol. The standard InChI is InChI=1S/C27H46F2O3/c1-6-26(31)12-11-24(3)18(14-26)7-8-19-21-10-9-20(17(2)13-27(28,29)16-30)25(21,4)15-22(32-5)23(19)24/h17-23,30-31H,6-16H2,1-5H3. The highest BCUT2D eigenvalue weighted by atomic mass is 19.3. The Hall–Kier alpha value is -0.260. The van der Waals surface area contributed by atoms with Crippen molar-refractivity contribution in [2.75, 3.05) is 13.7 Å². The molecule has 4 rings (SSSR count). The van der Waals surface area contributed by atoms with Crippen LogP contribution in [0.5, 0.6) is 0 Å². The molecule has 4 aliphatic carbocycles. The van der Waals surface area contributed by atoms with E-state index in [4.69, 9.17) is 9.84 Å². The number of rotatable bonds is 6. The minimum atomic E-state index is -2.99. The summed E-state index contributed by atoms with van der Waals surface area (Å²) in [6, 6.07) is 0. The Bertz CT molecular complexity index is 686. The van der Waals surface area contributed by atoms with Crippen LogP contribution in [-0.2, 0) is 4.74 Å². The minimum Gasteiger partial charge on any atom is -0.390 e. The zero-order valence-corrected chi connectivity index (χ0v) is 20.9. The summed E-state index contributed by atoms with van der Waals surface area (Å²) in [5.41, 5.74) is -0.288. The Labute approximate surface area is 193 Å². The van der Waals surface area contributed by atoms with Crippen molar-refractivity contribution in [2.24, 2.45) is 46.3 Å². The highest BCUT2D eigenvalue weighted by Gasteiger charge is 2.64. The van der Waals surface area contributed by atoms with Gasteiger partial charge in [0.15, 0.2) is 0 Å². The number of ether oxygens (including phenoxy) is 1. The van der Waals surface area contributed by atoms with E-state index in [1.165, 1.54) is 12.8 Å². The molecule has 0 heterocycles. The topological polar surface area (TPSA) is 49.7 Å². The molecular weight excluding hydrogens is 410 g/mol. The van der Waals surface area contributed by atoms with Crippen molar-refractivity contribution in [1.29, 1.82) is 0 Å². The van der Waals surface area contributed by atoms with Crippen LogP contribution < -0.4 is 0 Å². The fraction of sp³-hybridized carbons (Fsp3) is 1.00. The van der Waals surface area contributed by atoms with E-state index in [0.29, 0.717) is 23.7 Å². The Morgan fingerprint density at radius 3 is 2.41 bits per heavy atom. The molecule has 4 fully saturated rings. The molecule has 4 saturated carbocycles. The number of halogens is 2. The summed E-state index contributed by atoms with van der Waals surface area (Å²) < 4.78 is 34.3. The minimum absolute atomic E-state index is 0.0226. The van der Waals surface area contributed by atoms with Gasteiger partial charge in [-0.15, -0.1) is 0 Å². The zero-order chi connectivity index (χ0) is 23.5. The summed E-state index contributed by atoms with van der Waals surface area (Å²) in [6.07, 6.45) is 9.08. The van der Waals surface area contributed by atoms with Gasteiger partial charge in [-0.1, -0.05) is 27.7 Å². The molecule has 0 aromatic rings. The molecule has 2 N–H and O–H groups in total. The summed E-state index contributed by atoms with van der Waals surface area (Å²) in [5.74, 6) is -0.646. The van der Waals surface area contributed by atoms with Crippen molar-refractivity contribution in [3.8, 4) is 0 Å². The number of aliphatic hydroxyl groups is 2. The molecule has 10 unspecified atom stereocenters. The molecule has 10 atom stereocenters. The van der Waals surface area contributed by atoms with E-state index < -0.39 is 18.1 Å². The maximum Gasteiger partial charge on any atom is 0.270 e. The van der Waals surface area contributed by atoms with Crippen LogP contribution in [0, 0.1) is 46.3 Å². The molecule has 0 radical (unpaired) electrons. The van der Waals surface area contributed by atoms with Crippen molar-refractivity contribution >= 4 is 0 Å². The second kappa shape index (κ2) is 8.45. The third-order valence-corrected chi connectivity index (χ3v) is 11.3. The molecule has 0 saturated heterocycles. The largest absolute Gasteiger partial charge is 0.390 e. The van der Waals surface area contributed by atoms with Crippen LogP contribution in [0.25, 0.3) is 0 Å². The second-order valence-electron chi connectivity index (χ2n) is 12.7. The van der Waals surface area contributed by atoms with Gasteiger partial charge in [-0.3, -0.25) is 0 Å². The molecular formula is C27H46F2O3. The Balaban J connectivity index is 1.60. The van der Waals surface area contributed by atoms with Crippen molar-refractivity contribution in [2.45, 2.75) is 110 Å². The lowest BCUT2D eigenvalue weighted by Crippen LogP contribution is -2.60. The first kappa shape index (κ1) is 24.9. The van der Waals surface area contributed by atoms with E-state index in [2.05, 4.69) is 20.8 Å². The van der Waals surface area contributed by atoms with Crippen LogP contribution in [-0.4, -0.2) is 41.6 Å². The van der Waals surface area contributed by atoms with Gasteiger partial charge < -0.3 is 14.9 Å². The van der Waals surface area contributed by atoms with Crippen molar-refractivity contribution in [3.05, 3.63) is 0 Å². The van der Waals surface area contributed by atoms with Gasteiger partial charge in [-0.05, 0) is 104 Å². The average molecular weight is 457 g/mol. The first-order valence-electron chi connectivity index (χ1n) is 13.2. The number of methoxy groups -OCH3 is 1. The fourth-order valence-corrected chi connectivity index (χ4v) is 9.61. The maximum absolute atomic E-state index is 14.0. The van der Waals surface area contributed by atoms with Crippen LogP contribution in [0.3, 0.4) is 0 Å². The molecule has 0 aromatic heterocycles. The second-order valence-corrected chi connectivity index (χ2v) is 12.7. The smallest absolute Gasteiger partial charge is 0.270 e. The molecule has 4 aliphatic rings. The van der Waals surface area contributed by atoms with Gasteiger partial charge >= 0.3 is 0 Å². The Morgan fingerprint density at radius 2 is 1.78 bits per heavy atom. The quantitative estimate of drug-likeness (QED) is 0.510. The number of aliphatic hydroxyl groups excluding tert-OH is 1. The van der Waals surface area contributed by atoms with Crippen molar-refractivity contribution in [1.82, 2.24) is 0 Å². The molecule has 0 aliphatic heterocycles. The van der Waals surface area contributed by atoms with Gasteiger partial charge in [-0.2, -0.15) is 0 Å². The van der Waals surface area contributed by atoms with Crippen molar-refractivity contribution in [3.63, 3.8) is 0 Å². The molecule has 186 valence electrons. The normalized spacial score (nSPS) is 49.8.